The second kappa shape index (κ2) is 7.92. The van der Waals surface area contributed by atoms with Gasteiger partial charge in [0.15, 0.2) is 0 Å². The molecule has 0 radical (unpaired) electrons. The van der Waals surface area contributed by atoms with Gasteiger partial charge < -0.3 is 10.1 Å². The molecule has 0 aliphatic heterocycles. The Bertz CT molecular complexity index is 357. The molecule has 124 valence electrons. The maximum atomic E-state index is 12.1. The van der Waals surface area contributed by atoms with E-state index in [1.54, 1.807) is 0 Å². The summed E-state index contributed by atoms with van der Waals surface area (Å²) in [4.78, 5) is 23.6. The summed E-state index contributed by atoms with van der Waals surface area (Å²) in [5.41, 5.74) is -0.842. The fourth-order valence-electron chi connectivity index (χ4n) is 1.99. The molecule has 0 saturated carbocycles. The normalized spacial score (nSPS) is 12.9. The van der Waals surface area contributed by atoms with E-state index < -0.39 is 5.41 Å². The van der Waals surface area contributed by atoms with Gasteiger partial charge in [0.25, 0.3) is 0 Å². The molecule has 21 heavy (non-hydrogen) atoms. The van der Waals surface area contributed by atoms with Crippen LogP contribution in [0.1, 0.15) is 61.8 Å². The largest absolute Gasteiger partial charge is 0.374 e. The minimum Gasteiger partial charge on any atom is -0.374 e. The van der Waals surface area contributed by atoms with E-state index >= 15 is 0 Å². The first-order valence-corrected chi connectivity index (χ1v) is 7.85. The highest BCUT2D eigenvalue weighted by molar-refractivity contribution is 5.85. The SMILES string of the molecule is CC(C)C(=O)NCCC(C)(C)OCC(C)(C)C(=O)C(C)C. The average Bonchev–Trinajstić information content (AvgIpc) is 2.35. The molecule has 1 amide bonds. The average molecular weight is 299 g/mol. The van der Waals surface area contributed by atoms with Crippen molar-refractivity contribution in [3.63, 3.8) is 0 Å². The van der Waals surface area contributed by atoms with E-state index in [-0.39, 0.29) is 29.1 Å². The molecule has 0 fully saturated rings. The smallest absolute Gasteiger partial charge is 0.222 e. The number of nitrogens with one attached hydrogen (secondary N) is 1. The van der Waals surface area contributed by atoms with Gasteiger partial charge in [-0.3, -0.25) is 9.59 Å². The van der Waals surface area contributed by atoms with Crippen LogP contribution in [0.2, 0.25) is 0 Å². The van der Waals surface area contributed by atoms with E-state index in [0.29, 0.717) is 13.2 Å². The van der Waals surface area contributed by atoms with E-state index in [1.807, 2.05) is 55.4 Å². The van der Waals surface area contributed by atoms with Gasteiger partial charge in [-0.2, -0.15) is 0 Å². The lowest BCUT2D eigenvalue weighted by molar-refractivity contribution is -0.137. The maximum Gasteiger partial charge on any atom is 0.222 e. The third-order valence-electron chi connectivity index (χ3n) is 3.57. The van der Waals surface area contributed by atoms with Crippen LogP contribution < -0.4 is 5.32 Å². The summed E-state index contributed by atoms with van der Waals surface area (Å²) < 4.78 is 5.94. The Morgan fingerprint density at radius 1 is 1.00 bits per heavy atom. The molecule has 0 aromatic rings. The fourth-order valence-corrected chi connectivity index (χ4v) is 1.99. The molecular weight excluding hydrogens is 266 g/mol. The Morgan fingerprint density at radius 3 is 1.95 bits per heavy atom. The van der Waals surface area contributed by atoms with Gasteiger partial charge in [0, 0.05) is 23.8 Å². The van der Waals surface area contributed by atoms with Crippen molar-refractivity contribution >= 4 is 11.7 Å². The summed E-state index contributed by atoms with van der Waals surface area (Å²) in [5, 5.41) is 2.89. The maximum absolute atomic E-state index is 12.1. The van der Waals surface area contributed by atoms with Gasteiger partial charge in [0.05, 0.1) is 12.2 Å². The van der Waals surface area contributed by atoms with Crippen molar-refractivity contribution in [3.8, 4) is 0 Å². The third-order valence-corrected chi connectivity index (χ3v) is 3.57. The molecule has 0 aliphatic carbocycles. The Balaban J connectivity index is 4.30. The van der Waals surface area contributed by atoms with Gasteiger partial charge in [-0.1, -0.05) is 41.5 Å². The molecule has 0 rings (SSSR count). The van der Waals surface area contributed by atoms with Crippen LogP contribution in [-0.2, 0) is 14.3 Å². The number of Topliss-reactive ketones (excluding diaryl/α,β-unsaturated/α-hetero) is 1. The molecule has 0 unspecified atom stereocenters. The van der Waals surface area contributed by atoms with Crippen molar-refractivity contribution in [2.45, 2.75) is 67.4 Å². The zero-order chi connectivity index (χ0) is 16.8. The van der Waals surface area contributed by atoms with Gasteiger partial charge >= 0.3 is 0 Å². The zero-order valence-corrected chi connectivity index (χ0v) is 15.0. The number of hydrogen-bond acceptors (Lipinski definition) is 3. The fraction of sp³-hybridized carbons (Fsp3) is 0.882. The molecule has 0 aromatic heterocycles. The van der Waals surface area contributed by atoms with Crippen molar-refractivity contribution in [2.75, 3.05) is 13.2 Å². The number of carbonyl (C=O) groups is 2. The molecule has 4 heteroatoms. The lowest BCUT2D eigenvalue weighted by Crippen LogP contribution is -2.39. The highest BCUT2D eigenvalue weighted by Crippen LogP contribution is 2.25. The second-order valence-electron chi connectivity index (χ2n) is 7.65. The lowest BCUT2D eigenvalue weighted by atomic mass is 9.83. The number of carbonyl (C=O) groups excluding carboxylic acids is 2. The highest BCUT2D eigenvalue weighted by atomic mass is 16.5. The van der Waals surface area contributed by atoms with E-state index in [0.717, 1.165) is 6.42 Å². The van der Waals surface area contributed by atoms with Crippen LogP contribution >= 0.6 is 0 Å². The molecule has 0 aliphatic rings. The summed E-state index contributed by atoms with van der Waals surface area (Å²) >= 11 is 0. The molecule has 0 bridgehead atoms. The summed E-state index contributed by atoms with van der Waals surface area (Å²) in [6.45, 7) is 16.4. The molecule has 0 aromatic carbocycles. The molecule has 0 heterocycles. The van der Waals surface area contributed by atoms with Gasteiger partial charge in [-0.25, -0.2) is 0 Å². The summed E-state index contributed by atoms with van der Waals surface area (Å²) in [7, 11) is 0. The predicted octanol–water partition coefficient (Wildman–Crippen LogP) is 3.20. The topological polar surface area (TPSA) is 55.4 Å². The van der Waals surface area contributed by atoms with E-state index in [4.69, 9.17) is 4.74 Å². The molecule has 4 nitrogen and oxygen atoms in total. The van der Waals surface area contributed by atoms with E-state index in [1.165, 1.54) is 0 Å². The van der Waals surface area contributed by atoms with Gasteiger partial charge in [-0.05, 0) is 20.3 Å². The Kier molecular flexibility index (Phi) is 7.58. The Labute approximate surface area is 130 Å². The zero-order valence-electron chi connectivity index (χ0n) is 15.0. The number of ether oxygens (including phenoxy) is 1. The monoisotopic (exact) mass is 299 g/mol. The first-order valence-electron chi connectivity index (χ1n) is 7.85. The van der Waals surface area contributed by atoms with Crippen LogP contribution in [0.5, 0.6) is 0 Å². The molecule has 0 atom stereocenters. The van der Waals surface area contributed by atoms with Crippen molar-refractivity contribution in [3.05, 3.63) is 0 Å². The first-order chi connectivity index (χ1) is 9.39. The number of rotatable bonds is 9. The number of ketones is 1. The summed E-state index contributed by atoms with van der Waals surface area (Å²) in [6, 6.07) is 0. The summed E-state index contributed by atoms with van der Waals surface area (Å²) in [6.07, 6.45) is 0.720. The predicted molar refractivity (Wildman–Crippen MR) is 86.1 cm³/mol. The number of amides is 1. The van der Waals surface area contributed by atoms with Gasteiger partial charge in [0.2, 0.25) is 5.91 Å². The Morgan fingerprint density at radius 2 is 1.52 bits per heavy atom. The van der Waals surface area contributed by atoms with Crippen LogP contribution in [-0.4, -0.2) is 30.4 Å². The van der Waals surface area contributed by atoms with Crippen LogP contribution in [0, 0.1) is 17.3 Å². The van der Waals surface area contributed by atoms with Crippen LogP contribution in [0.15, 0.2) is 0 Å². The number of hydrogen-bond donors (Lipinski definition) is 1. The molecule has 0 saturated heterocycles. The van der Waals surface area contributed by atoms with Crippen LogP contribution in [0.3, 0.4) is 0 Å². The standard InChI is InChI=1S/C17H33NO3/c1-12(2)14(19)16(5,6)11-21-17(7,8)9-10-18-15(20)13(3)4/h12-13H,9-11H2,1-8H3,(H,18,20). The highest BCUT2D eigenvalue weighted by Gasteiger charge is 2.32. The van der Waals surface area contributed by atoms with Gasteiger partial charge in [-0.15, -0.1) is 0 Å². The van der Waals surface area contributed by atoms with Crippen molar-refractivity contribution in [1.29, 1.82) is 0 Å². The van der Waals surface area contributed by atoms with Gasteiger partial charge in [0.1, 0.15) is 5.78 Å². The van der Waals surface area contributed by atoms with Crippen molar-refractivity contribution in [2.24, 2.45) is 17.3 Å². The second-order valence-corrected chi connectivity index (χ2v) is 7.65. The Hall–Kier alpha value is -0.900. The van der Waals surface area contributed by atoms with E-state index in [2.05, 4.69) is 5.32 Å². The quantitative estimate of drug-likeness (QED) is 0.711. The molecule has 0 spiro atoms. The lowest BCUT2D eigenvalue weighted by Gasteiger charge is -2.32. The van der Waals surface area contributed by atoms with Crippen LogP contribution in [0.4, 0.5) is 0 Å². The van der Waals surface area contributed by atoms with E-state index in [9.17, 15) is 9.59 Å². The third kappa shape index (κ3) is 7.60. The minimum atomic E-state index is -0.480. The molecule has 1 N–H and O–H groups in total. The van der Waals surface area contributed by atoms with Crippen molar-refractivity contribution < 1.29 is 14.3 Å². The van der Waals surface area contributed by atoms with Crippen LogP contribution in [0.25, 0.3) is 0 Å². The first kappa shape index (κ1) is 20.1. The minimum absolute atomic E-state index is 0.00312. The molecular formula is C17H33NO3. The summed E-state index contributed by atoms with van der Waals surface area (Å²) in [5.74, 6) is 0.279. The van der Waals surface area contributed by atoms with Crippen molar-refractivity contribution in [1.82, 2.24) is 5.32 Å².